The highest BCUT2D eigenvalue weighted by Gasteiger charge is 2.30. The maximum Gasteiger partial charge on any atom is 0.416 e. The summed E-state index contributed by atoms with van der Waals surface area (Å²) >= 11 is 1.59. The van der Waals surface area contributed by atoms with Crippen LogP contribution in [0.4, 0.5) is 24.5 Å². The SMILES string of the molecule is C[C@@H](NCC(=O)Nc1cccc(C(=O)Nc2cccc(C(F)(F)F)c2)c1)c1cccs1. The second-order valence-corrected chi connectivity index (χ2v) is 7.76. The van der Waals surface area contributed by atoms with E-state index in [2.05, 4.69) is 16.0 Å². The number of amides is 2. The monoisotopic (exact) mass is 447 g/mol. The molecule has 0 saturated heterocycles. The second kappa shape index (κ2) is 9.76. The second-order valence-electron chi connectivity index (χ2n) is 6.78. The van der Waals surface area contributed by atoms with Crippen molar-refractivity contribution in [2.24, 2.45) is 0 Å². The first kappa shape index (κ1) is 22.5. The molecular formula is C22H20F3N3O2S. The molecule has 9 heteroatoms. The maximum atomic E-state index is 12.8. The molecule has 1 heterocycles. The zero-order chi connectivity index (χ0) is 22.4. The molecule has 162 valence electrons. The molecule has 31 heavy (non-hydrogen) atoms. The number of nitrogens with one attached hydrogen (secondary N) is 3. The molecule has 0 spiro atoms. The minimum atomic E-state index is -4.50. The number of alkyl halides is 3. The Kier molecular flexibility index (Phi) is 7.09. The van der Waals surface area contributed by atoms with E-state index in [1.165, 1.54) is 24.3 Å². The van der Waals surface area contributed by atoms with Crippen molar-refractivity contribution < 1.29 is 22.8 Å². The molecule has 0 saturated carbocycles. The van der Waals surface area contributed by atoms with Crippen molar-refractivity contribution in [3.8, 4) is 0 Å². The topological polar surface area (TPSA) is 70.2 Å². The highest BCUT2D eigenvalue weighted by molar-refractivity contribution is 7.10. The highest BCUT2D eigenvalue weighted by atomic mass is 32.1. The lowest BCUT2D eigenvalue weighted by molar-refractivity contribution is -0.137. The summed E-state index contributed by atoms with van der Waals surface area (Å²) in [4.78, 5) is 25.8. The normalized spacial score (nSPS) is 12.3. The fraction of sp³-hybridized carbons (Fsp3) is 0.182. The Hall–Kier alpha value is -3.17. The molecule has 3 rings (SSSR count). The summed E-state index contributed by atoms with van der Waals surface area (Å²) in [6.45, 7) is 2.04. The standard InChI is InChI=1S/C22H20F3N3O2S/c1-14(19-9-4-10-31-19)26-13-20(29)27-17-7-2-5-15(11-17)21(30)28-18-8-3-6-16(12-18)22(23,24)25/h2-12,14,26H,13H2,1H3,(H,27,29)(H,28,30)/t14-/m1/s1. The first-order valence-corrected chi connectivity index (χ1v) is 10.3. The molecule has 1 atom stereocenters. The third-order valence-corrected chi connectivity index (χ3v) is 5.45. The lowest BCUT2D eigenvalue weighted by Gasteiger charge is -2.13. The number of benzene rings is 2. The fourth-order valence-corrected chi connectivity index (χ4v) is 3.56. The van der Waals surface area contributed by atoms with Crippen molar-refractivity contribution in [2.75, 3.05) is 17.2 Å². The highest BCUT2D eigenvalue weighted by Crippen LogP contribution is 2.30. The Morgan fingerprint density at radius 1 is 0.968 bits per heavy atom. The molecule has 2 aromatic carbocycles. The molecule has 2 amide bonds. The van der Waals surface area contributed by atoms with Crippen molar-refractivity contribution in [3.05, 3.63) is 82.0 Å². The van der Waals surface area contributed by atoms with Gasteiger partial charge in [-0.1, -0.05) is 18.2 Å². The minimum Gasteiger partial charge on any atom is -0.325 e. The molecule has 3 aromatic rings. The zero-order valence-corrected chi connectivity index (χ0v) is 17.3. The Morgan fingerprint density at radius 2 is 1.68 bits per heavy atom. The van der Waals surface area contributed by atoms with Gasteiger partial charge in [-0.2, -0.15) is 13.2 Å². The van der Waals surface area contributed by atoms with Crippen molar-refractivity contribution in [2.45, 2.75) is 19.1 Å². The molecule has 0 aliphatic carbocycles. The molecule has 0 aliphatic heterocycles. The van der Waals surface area contributed by atoms with Gasteiger partial charge in [-0.05, 0) is 54.8 Å². The maximum absolute atomic E-state index is 12.8. The van der Waals surface area contributed by atoms with E-state index in [0.29, 0.717) is 5.69 Å². The summed E-state index contributed by atoms with van der Waals surface area (Å²) in [6, 6.07) is 14.5. The lowest BCUT2D eigenvalue weighted by atomic mass is 10.1. The van der Waals surface area contributed by atoms with Gasteiger partial charge in [0.1, 0.15) is 0 Å². The molecular weight excluding hydrogens is 427 g/mol. The van der Waals surface area contributed by atoms with Crippen LogP contribution >= 0.6 is 11.3 Å². The van der Waals surface area contributed by atoms with Crippen molar-refractivity contribution in [1.29, 1.82) is 0 Å². The van der Waals surface area contributed by atoms with Gasteiger partial charge in [0.25, 0.3) is 5.91 Å². The van der Waals surface area contributed by atoms with Crippen molar-refractivity contribution >= 4 is 34.5 Å². The Labute approximate surface area is 181 Å². The summed E-state index contributed by atoms with van der Waals surface area (Å²) in [5.41, 5.74) is -0.209. The number of hydrogen-bond donors (Lipinski definition) is 3. The molecule has 5 nitrogen and oxygen atoms in total. The van der Waals surface area contributed by atoms with Crippen LogP contribution in [-0.2, 0) is 11.0 Å². The van der Waals surface area contributed by atoms with E-state index in [9.17, 15) is 22.8 Å². The molecule has 0 aliphatic rings. The number of anilines is 2. The van der Waals surface area contributed by atoms with E-state index in [-0.39, 0.29) is 29.7 Å². The van der Waals surface area contributed by atoms with Gasteiger partial charge in [0.15, 0.2) is 0 Å². The van der Waals surface area contributed by atoms with E-state index in [0.717, 1.165) is 17.0 Å². The fourth-order valence-electron chi connectivity index (χ4n) is 2.80. The third-order valence-electron chi connectivity index (χ3n) is 4.40. The first-order valence-electron chi connectivity index (χ1n) is 9.37. The van der Waals surface area contributed by atoms with Crippen LogP contribution in [0.1, 0.15) is 33.8 Å². The van der Waals surface area contributed by atoms with E-state index < -0.39 is 17.6 Å². The van der Waals surface area contributed by atoms with Gasteiger partial charge < -0.3 is 16.0 Å². The van der Waals surface area contributed by atoms with Gasteiger partial charge in [0.05, 0.1) is 12.1 Å². The molecule has 1 aromatic heterocycles. The van der Waals surface area contributed by atoms with Gasteiger partial charge >= 0.3 is 6.18 Å². The van der Waals surface area contributed by atoms with Gasteiger partial charge in [-0.25, -0.2) is 0 Å². The Bertz CT molecular complexity index is 1050. The van der Waals surface area contributed by atoms with Crippen LogP contribution < -0.4 is 16.0 Å². The molecule has 0 bridgehead atoms. The number of carbonyl (C=O) groups is 2. The van der Waals surface area contributed by atoms with Crippen LogP contribution in [0.25, 0.3) is 0 Å². The molecule has 0 radical (unpaired) electrons. The van der Waals surface area contributed by atoms with Gasteiger partial charge in [0, 0.05) is 27.9 Å². The van der Waals surface area contributed by atoms with Gasteiger partial charge in [0.2, 0.25) is 5.91 Å². The lowest BCUT2D eigenvalue weighted by Crippen LogP contribution is -2.29. The number of halogens is 3. The van der Waals surface area contributed by atoms with E-state index in [1.54, 1.807) is 23.5 Å². The molecule has 3 N–H and O–H groups in total. The summed E-state index contributed by atoms with van der Waals surface area (Å²) in [5, 5.41) is 10.2. The van der Waals surface area contributed by atoms with Crippen LogP contribution in [0.2, 0.25) is 0 Å². The number of carbonyl (C=O) groups excluding carboxylic acids is 2. The number of thiophene rings is 1. The van der Waals surface area contributed by atoms with E-state index >= 15 is 0 Å². The first-order chi connectivity index (χ1) is 14.7. The van der Waals surface area contributed by atoms with Crippen LogP contribution in [-0.4, -0.2) is 18.4 Å². The summed E-state index contributed by atoms with van der Waals surface area (Å²) in [7, 11) is 0. The largest absolute Gasteiger partial charge is 0.416 e. The van der Waals surface area contributed by atoms with Crippen molar-refractivity contribution in [1.82, 2.24) is 5.32 Å². The summed E-state index contributed by atoms with van der Waals surface area (Å²) in [5.74, 6) is -0.862. The zero-order valence-electron chi connectivity index (χ0n) is 16.5. The molecule has 0 unspecified atom stereocenters. The van der Waals surface area contributed by atoms with E-state index in [4.69, 9.17) is 0 Å². The smallest absolute Gasteiger partial charge is 0.325 e. The predicted molar refractivity (Wildman–Crippen MR) is 115 cm³/mol. The number of rotatable bonds is 7. The van der Waals surface area contributed by atoms with Crippen LogP contribution in [0, 0.1) is 0 Å². The molecule has 0 fully saturated rings. The van der Waals surface area contributed by atoms with Crippen LogP contribution in [0.3, 0.4) is 0 Å². The average molecular weight is 447 g/mol. The predicted octanol–water partition coefficient (Wildman–Crippen LogP) is 5.31. The van der Waals surface area contributed by atoms with Gasteiger partial charge in [-0.15, -0.1) is 11.3 Å². The van der Waals surface area contributed by atoms with Crippen LogP contribution in [0.15, 0.2) is 66.0 Å². The Balaban J connectivity index is 1.59. The van der Waals surface area contributed by atoms with Gasteiger partial charge in [-0.3, -0.25) is 9.59 Å². The summed E-state index contributed by atoms with van der Waals surface area (Å²) < 4.78 is 38.5. The van der Waals surface area contributed by atoms with Crippen LogP contribution in [0.5, 0.6) is 0 Å². The number of hydrogen-bond acceptors (Lipinski definition) is 4. The minimum absolute atomic E-state index is 0.0234. The summed E-state index contributed by atoms with van der Waals surface area (Å²) in [6.07, 6.45) is -4.50. The van der Waals surface area contributed by atoms with E-state index in [1.807, 2.05) is 24.4 Å². The third kappa shape index (κ3) is 6.40. The average Bonchev–Trinajstić information content (AvgIpc) is 3.27. The quantitative estimate of drug-likeness (QED) is 0.460. The van der Waals surface area contributed by atoms with Crippen molar-refractivity contribution in [3.63, 3.8) is 0 Å². The Morgan fingerprint density at radius 3 is 2.35 bits per heavy atom.